The Morgan fingerprint density at radius 3 is 1.83 bits per heavy atom. The third kappa shape index (κ3) is 2.28. The number of aromatic nitrogens is 4. The quantitative estimate of drug-likeness (QED) is 0.702. The normalized spacial score (nSPS) is 10.4. The molecule has 0 radical (unpaired) electrons. The van der Waals surface area contributed by atoms with Gasteiger partial charge in [-0.05, 0) is 0 Å². The molecule has 0 fully saturated rings. The molecule has 2 aromatic heterocycles. The Labute approximate surface area is 130 Å². The third-order valence-electron chi connectivity index (χ3n) is 3.31. The van der Waals surface area contributed by atoms with E-state index < -0.39 is 16.9 Å². The average Bonchev–Trinajstić information content (AvgIpc) is 2.81. The van der Waals surface area contributed by atoms with Crippen molar-refractivity contribution in [1.82, 2.24) is 18.3 Å². The van der Waals surface area contributed by atoms with Crippen LogP contribution in [0.25, 0.3) is 11.2 Å². The molecule has 0 unspecified atom stereocenters. The molecular formula is C15H15N5O3. The van der Waals surface area contributed by atoms with Gasteiger partial charge in [-0.25, -0.2) is 9.59 Å². The first-order valence-electron chi connectivity index (χ1n) is 6.75. The predicted molar refractivity (Wildman–Crippen MR) is 86.3 cm³/mol. The van der Waals surface area contributed by atoms with Crippen LogP contribution < -0.4 is 16.9 Å². The number of allylic oxidation sites excluding steroid dienone is 3. The molecule has 0 aliphatic carbocycles. The van der Waals surface area contributed by atoms with Crippen molar-refractivity contribution in [2.45, 2.75) is 19.6 Å². The lowest BCUT2D eigenvalue weighted by molar-refractivity contribution is 0.633. The minimum Gasteiger partial charge on any atom is -0.273 e. The standard InChI is InChI=1S/C15H15N5O3/c1-4-7-17-12-11(13(21)19(9-6-3)14(17)22)20(10-16)15(23)18(12)8-5-2/h4-6H,1-3,7-9H2. The van der Waals surface area contributed by atoms with E-state index in [1.54, 1.807) is 6.19 Å². The lowest BCUT2D eigenvalue weighted by Gasteiger charge is -2.10. The number of nitriles is 1. The summed E-state index contributed by atoms with van der Waals surface area (Å²) in [5, 5.41) is 9.23. The Hall–Kier alpha value is -3.34. The smallest absolute Gasteiger partial charge is 0.273 e. The zero-order chi connectivity index (χ0) is 17.1. The van der Waals surface area contributed by atoms with E-state index in [0.717, 1.165) is 9.13 Å². The van der Waals surface area contributed by atoms with Gasteiger partial charge in [0.05, 0.1) is 0 Å². The van der Waals surface area contributed by atoms with Crippen LogP contribution >= 0.6 is 0 Å². The highest BCUT2D eigenvalue weighted by atomic mass is 16.2. The molecule has 8 heteroatoms. The molecule has 0 N–H and O–H groups in total. The lowest BCUT2D eigenvalue weighted by atomic mass is 10.4. The number of rotatable bonds is 6. The number of nitrogens with zero attached hydrogens (tertiary/aromatic N) is 5. The van der Waals surface area contributed by atoms with Crippen molar-refractivity contribution < 1.29 is 0 Å². The van der Waals surface area contributed by atoms with Crippen molar-refractivity contribution >= 4 is 11.2 Å². The van der Waals surface area contributed by atoms with Crippen molar-refractivity contribution in [1.29, 1.82) is 5.26 Å². The van der Waals surface area contributed by atoms with Gasteiger partial charge < -0.3 is 0 Å². The van der Waals surface area contributed by atoms with E-state index in [2.05, 4.69) is 19.7 Å². The Morgan fingerprint density at radius 2 is 1.35 bits per heavy atom. The summed E-state index contributed by atoms with van der Waals surface area (Å²) in [5.74, 6) is 0. The van der Waals surface area contributed by atoms with E-state index in [1.165, 1.54) is 22.8 Å². The molecule has 118 valence electrons. The molecule has 0 atom stereocenters. The fraction of sp³-hybridized carbons (Fsp3) is 0.200. The van der Waals surface area contributed by atoms with Gasteiger partial charge in [-0.2, -0.15) is 9.83 Å². The second-order valence-electron chi connectivity index (χ2n) is 4.68. The van der Waals surface area contributed by atoms with Crippen LogP contribution in [0, 0.1) is 11.5 Å². The molecule has 8 nitrogen and oxygen atoms in total. The molecule has 2 rings (SSSR count). The van der Waals surface area contributed by atoms with E-state index >= 15 is 0 Å². The van der Waals surface area contributed by atoms with Gasteiger partial charge in [0.15, 0.2) is 17.4 Å². The summed E-state index contributed by atoms with van der Waals surface area (Å²) in [6.07, 6.45) is 5.99. The molecule has 0 bridgehead atoms. The summed E-state index contributed by atoms with van der Waals surface area (Å²) in [6, 6.07) is 0. The molecule has 0 aliphatic rings. The lowest BCUT2D eigenvalue weighted by Crippen LogP contribution is -2.40. The van der Waals surface area contributed by atoms with Gasteiger partial charge in [0.1, 0.15) is 0 Å². The highest BCUT2D eigenvalue weighted by molar-refractivity contribution is 5.72. The maximum atomic E-state index is 12.6. The maximum absolute atomic E-state index is 12.6. The summed E-state index contributed by atoms with van der Waals surface area (Å²) in [4.78, 5) is 37.5. The fourth-order valence-corrected chi connectivity index (χ4v) is 2.42. The SMILES string of the molecule is C=CCn1c(=O)c2c(n(CC=C)c1=O)n(CC=C)c(=O)n2C#N. The fourth-order valence-electron chi connectivity index (χ4n) is 2.42. The molecule has 0 saturated heterocycles. The largest absolute Gasteiger partial charge is 0.344 e. The summed E-state index contributed by atoms with van der Waals surface area (Å²) in [5.41, 5.74) is -2.09. The van der Waals surface area contributed by atoms with Crippen LogP contribution in [0.5, 0.6) is 0 Å². The summed E-state index contributed by atoms with van der Waals surface area (Å²) in [7, 11) is 0. The van der Waals surface area contributed by atoms with E-state index in [-0.39, 0.29) is 30.8 Å². The van der Waals surface area contributed by atoms with Crippen LogP contribution in [-0.2, 0) is 19.6 Å². The molecule has 23 heavy (non-hydrogen) atoms. The average molecular weight is 313 g/mol. The van der Waals surface area contributed by atoms with Crippen molar-refractivity contribution in [2.75, 3.05) is 0 Å². The number of hydrogen-bond acceptors (Lipinski definition) is 4. The monoisotopic (exact) mass is 313 g/mol. The second-order valence-corrected chi connectivity index (χ2v) is 4.68. The third-order valence-corrected chi connectivity index (χ3v) is 3.31. The summed E-state index contributed by atoms with van der Waals surface area (Å²) in [6.45, 7) is 10.8. The first-order chi connectivity index (χ1) is 11.0. The first-order valence-corrected chi connectivity index (χ1v) is 6.75. The van der Waals surface area contributed by atoms with Gasteiger partial charge in [-0.15, -0.1) is 19.7 Å². The minimum atomic E-state index is -0.716. The van der Waals surface area contributed by atoms with E-state index in [1.807, 2.05) is 0 Å². The molecule has 0 spiro atoms. The Kier molecular flexibility index (Phi) is 4.32. The van der Waals surface area contributed by atoms with Crippen molar-refractivity contribution in [2.24, 2.45) is 0 Å². The van der Waals surface area contributed by atoms with Crippen LogP contribution in [-0.4, -0.2) is 18.3 Å². The van der Waals surface area contributed by atoms with Crippen LogP contribution in [0.1, 0.15) is 0 Å². The minimum absolute atomic E-state index is 0.0307. The molecule has 0 aromatic carbocycles. The maximum Gasteiger partial charge on any atom is 0.344 e. The molecule has 0 amide bonds. The molecule has 2 aromatic rings. The number of hydrogen-bond donors (Lipinski definition) is 0. The van der Waals surface area contributed by atoms with E-state index in [4.69, 9.17) is 0 Å². The highest BCUT2D eigenvalue weighted by Crippen LogP contribution is 2.07. The highest BCUT2D eigenvalue weighted by Gasteiger charge is 2.22. The van der Waals surface area contributed by atoms with Gasteiger partial charge in [-0.3, -0.25) is 18.5 Å². The van der Waals surface area contributed by atoms with Crippen LogP contribution in [0.4, 0.5) is 0 Å². The van der Waals surface area contributed by atoms with Gasteiger partial charge >= 0.3 is 11.4 Å². The van der Waals surface area contributed by atoms with Crippen molar-refractivity contribution in [3.05, 3.63) is 69.3 Å². The molecule has 2 heterocycles. The Morgan fingerprint density at radius 1 is 0.870 bits per heavy atom. The first kappa shape index (κ1) is 16.0. The zero-order valence-electron chi connectivity index (χ0n) is 12.4. The van der Waals surface area contributed by atoms with Gasteiger partial charge in [0.25, 0.3) is 5.56 Å². The summed E-state index contributed by atoms with van der Waals surface area (Å²) < 4.78 is 3.99. The van der Waals surface area contributed by atoms with Crippen LogP contribution in [0.3, 0.4) is 0 Å². The predicted octanol–water partition coefficient (Wildman–Crippen LogP) is 0.0136. The number of fused-ring (bicyclic) bond motifs is 1. The van der Waals surface area contributed by atoms with Crippen LogP contribution in [0.2, 0.25) is 0 Å². The Balaban J connectivity index is 3.21. The topological polar surface area (TPSA) is 94.7 Å². The summed E-state index contributed by atoms with van der Waals surface area (Å²) >= 11 is 0. The van der Waals surface area contributed by atoms with Crippen molar-refractivity contribution in [3.8, 4) is 6.19 Å². The molecule has 0 saturated carbocycles. The van der Waals surface area contributed by atoms with Gasteiger partial charge in [0, 0.05) is 19.6 Å². The zero-order valence-corrected chi connectivity index (χ0v) is 12.4. The van der Waals surface area contributed by atoms with Gasteiger partial charge in [0.2, 0.25) is 0 Å². The Bertz CT molecular complexity index is 1020. The van der Waals surface area contributed by atoms with E-state index in [0.29, 0.717) is 4.57 Å². The van der Waals surface area contributed by atoms with Crippen molar-refractivity contribution in [3.63, 3.8) is 0 Å². The van der Waals surface area contributed by atoms with E-state index in [9.17, 15) is 19.6 Å². The van der Waals surface area contributed by atoms with Crippen LogP contribution in [0.15, 0.2) is 52.3 Å². The molecule has 0 aliphatic heterocycles. The number of imidazole rings is 1. The molecular weight excluding hydrogens is 298 g/mol. The second kappa shape index (κ2) is 6.19. The van der Waals surface area contributed by atoms with Gasteiger partial charge in [-0.1, -0.05) is 18.2 Å².